The van der Waals surface area contributed by atoms with Crippen molar-refractivity contribution in [2.45, 2.75) is 25.2 Å². The molecule has 2 N–H and O–H groups in total. The summed E-state index contributed by atoms with van der Waals surface area (Å²) in [6.45, 7) is 0.464. The number of carbonyl (C=O) groups is 1. The molecule has 25 heavy (non-hydrogen) atoms. The van der Waals surface area contributed by atoms with E-state index in [-0.39, 0.29) is 12.5 Å². The van der Waals surface area contributed by atoms with Gasteiger partial charge in [0.2, 0.25) is 0 Å². The number of hydrogen-bond donors (Lipinski definition) is 2. The number of nitrogens with one attached hydrogen (secondary N) is 1. The molecule has 128 valence electrons. The summed E-state index contributed by atoms with van der Waals surface area (Å²) < 4.78 is 5.46. The second-order valence-corrected chi connectivity index (χ2v) is 6.28. The van der Waals surface area contributed by atoms with Crippen LogP contribution in [0.25, 0.3) is 22.4 Å². The average molecular weight is 337 g/mol. The number of benzene rings is 1. The van der Waals surface area contributed by atoms with Crippen molar-refractivity contribution in [3.05, 3.63) is 47.7 Å². The normalized spacial score (nSPS) is 14.0. The van der Waals surface area contributed by atoms with E-state index in [9.17, 15) is 4.79 Å². The van der Waals surface area contributed by atoms with Crippen LogP contribution in [0.3, 0.4) is 0 Å². The van der Waals surface area contributed by atoms with Crippen LogP contribution < -0.4 is 5.32 Å². The van der Waals surface area contributed by atoms with E-state index >= 15 is 0 Å². The predicted octanol–water partition coefficient (Wildman–Crippen LogP) is 2.88. The van der Waals surface area contributed by atoms with Gasteiger partial charge in [-0.3, -0.25) is 4.79 Å². The van der Waals surface area contributed by atoms with E-state index in [1.165, 1.54) is 0 Å². The Bertz CT molecular complexity index is 901. The molecular formula is C19H19N3O3. The van der Waals surface area contributed by atoms with E-state index in [0.717, 1.165) is 24.1 Å². The predicted molar refractivity (Wildman–Crippen MR) is 93.3 cm³/mol. The molecule has 0 atom stereocenters. The highest BCUT2D eigenvalue weighted by Crippen LogP contribution is 2.41. The zero-order valence-corrected chi connectivity index (χ0v) is 13.7. The first kappa shape index (κ1) is 15.8. The van der Waals surface area contributed by atoms with Crippen LogP contribution in [0.2, 0.25) is 0 Å². The monoisotopic (exact) mass is 337 g/mol. The first-order valence-corrected chi connectivity index (χ1v) is 8.52. The summed E-state index contributed by atoms with van der Waals surface area (Å²) in [5.74, 6) is 0.210. The fourth-order valence-corrected chi connectivity index (χ4v) is 2.91. The minimum Gasteiger partial charge on any atom is -0.396 e. The molecule has 0 aliphatic heterocycles. The lowest BCUT2D eigenvalue weighted by atomic mass is 10.0. The molecule has 2 aromatic heterocycles. The average Bonchev–Trinajstić information content (AvgIpc) is 3.41. The molecule has 0 unspecified atom stereocenters. The van der Waals surface area contributed by atoms with Crippen LogP contribution in [0.4, 0.5) is 0 Å². The maximum Gasteiger partial charge on any atom is 0.259 e. The highest BCUT2D eigenvalue weighted by atomic mass is 16.5. The third-order valence-electron chi connectivity index (χ3n) is 4.37. The molecule has 1 fully saturated rings. The lowest BCUT2D eigenvalue weighted by Gasteiger charge is -2.08. The number of carbonyl (C=O) groups excluding carboxylic acids is 1. The van der Waals surface area contributed by atoms with Gasteiger partial charge >= 0.3 is 0 Å². The lowest BCUT2D eigenvalue weighted by Crippen LogP contribution is -2.25. The van der Waals surface area contributed by atoms with Gasteiger partial charge in [-0.2, -0.15) is 0 Å². The summed E-state index contributed by atoms with van der Waals surface area (Å²) in [4.78, 5) is 17.3. The molecule has 0 saturated heterocycles. The molecular weight excluding hydrogens is 318 g/mol. The number of rotatable bonds is 6. The molecule has 1 aliphatic carbocycles. The molecule has 0 radical (unpaired) electrons. The number of aliphatic hydroxyl groups is 1. The van der Waals surface area contributed by atoms with Gasteiger partial charge in [0.1, 0.15) is 5.69 Å². The topological polar surface area (TPSA) is 88.2 Å². The summed E-state index contributed by atoms with van der Waals surface area (Å²) in [6, 6.07) is 11.5. The van der Waals surface area contributed by atoms with E-state index < -0.39 is 0 Å². The molecule has 1 aromatic carbocycles. The molecule has 4 rings (SSSR count). The van der Waals surface area contributed by atoms with Gasteiger partial charge in [-0.05, 0) is 25.3 Å². The van der Waals surface area contributed by atoms with E-state index in [2.05, 4.69) is 15.5 Å². The Labute approximate surface area is 144 Å². The Morgan fingerprint density at radius 3 is 2.80 bits per heavy atom. The highest BCUT2D eigenvalue weighted by Gasteiger charge is 2.29. The number of pyridine rings is 1. The maximum absolute atomic E-state index is 12.7. The molecule has 0 spiro atoms. The lowest BCUT2D eigenvalue weighted by molar-refractivity contribution is 0.0952. The van der Waals surface area contributed by atoms with Crippen molar-refractivity contribution in [2.24, 2.45) is 0 Å². The number of aromatic nitrogens is 2. The van der Waals surface area contributed by atoms with Crippen LogP contribution in [0, 0.1) is 0 Å². The molecule has 0 bridgehead atoms. The molecule has 6 heteroatoms. The van der Waals surface area contributed by atoms with Crippen LogP contribution in [0.1, 0.15) is 41.2 Å². The van der Waals surface area contributed by atoms with Crippen molar-refractivity contribution in [2.75, 3.05) is 13.2 Å². The summed E-state index contributed by atoms with van der Waals surface area (Å²) in [7, 11) is 0. The molecule has 1 saturated carbocycles. The van der Waals surface area contributed by atoms with Crippen molar-refractivity contribution in [3.8, 4) is 11.3 Å². The SMILES string of the molecule is O=C(NCCCO)c1cc(C2CC2)nc2onc(-c3ccccc3)c12. The van der Waals surface area contributed by atoms with E-state index in [1.807, 2.05) is 36.4 Å². The van der Waals surface area contributed by atoms with Crippen molar-refractivity contribution in [1.82, 2.24) is 15.5 Å². The smallest absolute Gasteiger partial charge is 0.259 e. The number of amides is 1. The first-order valence-electron chi connectivity index (χ1n) is 8.52. The van der Waals surface area contributed by atoms with Gasteiger partial charge in [-0.1, -0.05) is 35.5 Å². The Morgan fingerprint density at radius 1 is 1.28 bits per heavy atom. The number of hydrogen-bond acceptors (Lipinski definition) is 5. The van der Waals surface area contributed by atoms with Crippen LogP contribution >= 0.6 is 0 Å². The highest BCUT2D eigenvalue weighted by molar-refractivity contribution is 6.09. The molecule has 6 nitrogen and oxygen atoms in total. The number of fused-ring (bicyclic) bond motifs is 1. The van der Waals surface area contributed by atoms with Gasteiger partial charge in [0.15, 0.2) is 0 Å². The van der Waals surface area contributed by atoms with Crippen molar-refractivity contribution < 1.29 is 14.4 Å². The van der Waals surface area contributed by atoms with Crippen molar-refractivity contribution in [3.63, 3.8) is 0 Å². The zero-order valence-electron chi connectivity index (χ0n) is 13.7. The van der Waals surface area contributed by atoms with E-state index in [0.29, 0.717) is 41.2 Å². The minimum absolute atomic E-state index is 0.0435. The Morgan fingerprint density at radius 2 is 2.08 bits per heavy atom. The fraction of sp³-hybridized carbons (Fsp3) is 0.316. The van der Waals surface area contributed by atoms with E-state index in [1.54, 1.807) is 0 Å². The summed E-state index contributed by atoms with van der Waals surface area (Å²) in [5.41, 5.74) is 3.32. The third-order valence-corrected chi connectivity index (χ3v) is 4.37. The second kappa shape index (κ2) is 6.64. The van der Waals surface area contributed by atoms with Crippen LogP contribution in [-0.2, 0) is 0 Å². The van der Waals surface area contributed by atoms with Gasteiger partial charge in [0, 0.05) is 30.3 Å². The third kappa shape index (κ3) is 3.13. The van der Waals surface area contributed by atoms with E-state index in [4.69, 9.17) is 9.63 Å². The standard InChI is InChI=1S/C19H19N3O3/c23-10-4-9-20-18(24)14-11-15(12-7-8-12)21-19-16(14)17(22-25-19)13-5-2-1-3-6-13/h1-3,5-6,11-12,23H,4,7-10H2,(H,20,24). The summed E-state index contributed by atoms with van der Waals surface area (Å²) >= 11 is 0. The number of aliphatic hydroxyl groups excluding tert-OH is 1. The molecule has 3 aromatic rings. The Balaban J connectivity index is 1.82. The minimum atomic E-state index is -0.192. The summed E-state index contributed by atoms with van der Waals surface area (Å²) in [6.07, 6.45) is 2.69. The molecule has 2 heterocycles. The summed E-state index contributed by atoms with van der Waals surface area (Å²) in [5, 5.41) is 16.6. The van der Waals surface area contributed by atoms with Crippen LogP contribution in [0.5, 0.6) is 0 Å². The quantitative estimate of drug-likeness (QED) is 0.675. The largest absolute Gasteiger partial charge is 0.396 e. The van der Waals surface area contributed by atoms with Gasteiger partial charge < -0.3 is 14.9 Å². The Hall–Kier alpha value is -2.73. The first-order chi connectivity index (χ1) is 12.3. The van der Waals surface area contributed by atoms with Crippen molar-refractivity contribution in [1.29, 1.82) is 0 Å². The molecule has 1 amide bonds. The van der Waals surface area contributed by atoms with Crippen molar-refractivity contribution >= 4 is 17.0 Å². The van der Waals surface area contributed by atoms with Gasteiger partial charge in [0.25, 0.3) is 11.6 Å². The number of nitrogens with zero attached hydrogens (tertiary/aromatic N) is 2. The molecule has 1 aliphatic rings. The Kier molecular flexibility index (Phi) is 4.19. The van der Waals surface area contributed by atoms with Crippen LogP contribution in [-0.4, -0.2) is 34.3 Å². The van der Waals surface area contributed by atoms with Gasteiger partial charge in [-0.25, -0.2) is 4.98 Å². The van der Waals surface area contributed by atoms with Crippen LogP contribution in [0.15, 0.2) is 40.9 Å². The second-order valence-electron chi connectivity index (χ2n) is 6.28. The maximum atomic E-state index is 12.7. The zero-order chi connectivity index (χ0) is 17.2. The van der Waals surface area contributed by atoms with Gasteiger partial charge in [0.05, 0.1) is 10.9 Å². The van der Waals surface area contributed by atoms with Gasteiger partial charge in [-0.15, -0.1) is 0 Å². The fourth-order valence-electron chi connectivity index (χ4n) is 2.91.